The summed E-state index contributed by atoms with van der Waals surface area (Å²) in [5.74, 6) is 1.95. The molecule has 0 aliphatic rings. The van der Waals surface area contributed by atoms with Gasteiger partial charge in [0, 0.05) is 59.4 Å². The fourth-order valence-corrected chi connectivity index (χ4v) is 8.97. The van der Waals surface area contributed by atoms with Crippen LogP contribution in [-0.4, -0.2) is 19.5 Å². The first-order valence-electron chi connectivity index (χ1n) is 17.4. The van der Waals surface area contributed by atoms with Crippen molar-refractivity contribution in [3.8, 4) is 39.9 Å². The second-order valence-corrected chi connectivity index (χ2v) is 14.1. The Morgan fingerprint density at radius 3 is 1.35 bits per heavy atom. The second kappa shape index (κ2) is 11.4. The number of thiophene rings is 1. The lowest BCUT2D eigenvalue weighted by Crippen LogP contribution is -2.00. The maximum atomic E-state index is 5.01. The molecule has 242 valence electrons. The van der Waals surface area contributed by atoms with Gasteiger partial charge in [0.15, 0.2) is 17.5 Å². The lowest BCUT2D eigenvalue weighted by Gasteiger charge is -2.14. The average molecular weight is 681 g/mol. The fraction of sp³-hybridized carbons (Fsp3) is 0. The molecule has 4 nitrogen and oxygen atoms in total. The smallest absolute Gasteiger partial charge is 0.164 e. The highest BCUT2D eigenvalue weighted by atomic mass is 32.1. The zero-order valence-electron chi connectivity index (χ0n) is 27.9. The first-order chi connectivity index (χ1) is 25.8. The predicted octanol–water partition coefficient (Wildman–Crippen LogP) is 12.6. The third kappa shape index (κ3) is 4.30. The van der Waals surface area contributed by atoms with E-state index in [9.17, 15) is 0 Å². The molecule has 0 bridgehead atoms. The van der Waals surface area contributed by atoms with Gasteiger partial charge in [-0.15, -0.1) is 11.3 Å². The summed E-state index contributed by atoms with van der Waals surface area (Å²) in [6.45, 7) is 0. The van der Waals surface area contributed by atoms with Crippen molar-refractivity contribution in [2.75, 3.05) is 0 Å². The molecule has 0 aliphatic carbocycles. The molecule has 52 heavy (non-hydrogen) atoms. The van der Waals surface area contributed by atoms with Crippen LogP contribution in [0.15, 0.2) is 169 Å². The van der Waals surface area contributed by atoms with Crippen molar-refractivity contribution in [1.82, 2.24) is 19.5 Å². The maximum Gasteiger partial charge on any atom is 0.164 e. The highest BCUT2D eigenvalue weighted by Gasteiger charge is 2.23. The molecule has 0 atom stereocenters. The standard InChI is InChI=1S/C47H28N4S/c1-3-13-29(14-4-1)45-48-46(30-15-5-2-6-16-30)50-47(49-45)31-23-25-32(26-24-31)51-42-36-20-10-8-18-34(36)33-17-7-9-19-35(33)40(42)41-39-27-28-52-44(39)38-22-12-11-21-37(38)43(41)51/h1-28H. The highest BCUT2D eigenvalue weighted by molar-refractivity contribution is 7.18. The zero-order valence-corrected chi connectivity index (χ0v) is 28.7. The molecule has 3 heterocycles. The molecule has 0 amide bonds. The van der Waals surface area contributed by atoms with Crippen molar-refractivity contribution in [2.24, 2.45) is 0 Å². The van der Waals surface area contributed by atoms with Gasteiger partial charge in [-0.1, -0.05) is 133 Å². The van der Waals surface area contributed by atoms with Crippen molar-refractivity contribution in [1.29, 1.82) is 0 Å². The summed E-state index contributed by atoms with van der Waals surface area (Å²) in [4.78, 5) is 14.9. The molecule has 11 rings (SSSR count). The molecular weight excluding hydrogens is 653 g/mol. The number of fused-ring (bicyclic) bond motifs is 13. The van der Waals surface area contributed by atoms with Crippen LogP contribution >= 0.6 is 11.3 Å². The zero-order chi connectivity index (χ0) is 34.2. The number of aromatic nitrogens is 4. The van der Waals surface area contributed by atoms with Gasteiger partial charge < -0.3 is 4.57 Å². The lowest BCUT2D eigenvalue weighted by atomic mass is 9.95. The van der Waals surface area contributed by atoms with Crippen LogP contribution in [0, 0.1) is 0 Å². The predicted molar refractivity (Wildman–Crippen MR) is 218 cm³/mol. The van der Waals surface area contributed by atoms with Crippen molar-refractivity contribution in [3.63, 3.8) is 0 Å². The van der Waals surface area contributed by atoms with Gasteiger partial charge in [0.2, 0.25) is 0 Å². The number of hydrogen-bond donors (Lipinski definition) is 0. The van der Waals surface area contributed by atoms with Gasteiger partial charge in [-0.3, -0.25) is 0 Å². The Kier molecular flexibility index (Phi) is 6.39. The summed E-state index contributed by atoms with van der Waals surface area (Å²) in [5, 5.41) is 13.7. The van der Waals surface area contributed by atoms with Gasteiger partial charge in [-0.25, -0.2) is 15.0 Å². The Balaban J connectivity index is 1.22. The van der Waals surface area contributed by atoms with Crippen LogP contribution < -0.4 is 0 Å². The van der Waals surface area contributed by atoms with Crippen molar-refractivity contribution in [3.05, 3.63) is 169 Å². The highest BCUT2D eigenvalue weighted by Crippen LogP contribution is 2.48. The van der Waals surface area contributed by atoms with Crippen molar-refractivity contribution >= 4 is 75.5 Å². The summed E-state index contributed by atoms with van der Waals surface area (Å²) in [6.07, 6.45) is 0. The van der Waals surface area contributed by atoms with Crippen LogP contribution in [0.2, 0.25) is 0 Å². The minimum Gasteiger partial charge on any atom is -0.308 e. The summed E-state index contributed by atoms with van der Waals surface area (Å²) in [7, 11) is 0. The van der Waals surface area contributed by atoms with Gasteiger partial charge in [0.25, 0.3) is 0 Å². The summed E-state index contributed by atoms with van der Waals surface area (Å²) in [5.41, 5.74) is 6.38. The van der Waals surface area contributed by atoms with E-state index in [1.54, 1.807) is 0 Å². The largest absolute Gasteiger partial charge is 0.308 e. The normalized spacial score (nSPS) is 11.8. The molecule has 3 aromatic heterocycles. The first kappa shape index (κ1) is 29.1. The Morgan fingerprint density at radius 2 is 0.769 bits per heavy atom. The van der Waals surface area contributed by atoms with Crippen LogP contribution in [0.1, 0.15) is 0 Å². The Hall–Kier alpha value is -6.69. The molecule has 0 fully saturated rings. The van der Waals surface area contributed by atoms with Gasteiger partial charge >= 0.3 is 0 Å². The van der Waals surface area contributed by atoms with E-state index in [0.29, 0.717) is 17.5 Å². The molecule has 8 aromatic carbocycles. The van der Waals surface area contributed by atoms with E-state index in [2.05, 4.69) is 113 Å². The van der Waals surface area contributed by atoms with E-state index in [4.69, 9.17) is 15.0 Å². The van der Waals surface area contributed by atoms with Crippen LogP contribution in [-0.2, 0) is 0 Å². The first-order valence-corrected chi connectivity index (χ1v) is 18.3. The molecule has 0 radical (unpaired) electrons. The van der Waals surface area contributed by atoms with Crippen LogP contribution in [0.3, 0.4) is 0 Å². The van der Waals surface area contributed by atoms with Crippen LogP contribution in [0.25, 0.3) is 104 Å². The van der Waals surface area contributed by atoms with Crippen LogP contribution in [0.4, 0.5) is 0 Å². The van der Waals surface area contributed by atoms with E-state index in [1.807, 2.05) is 72.0 Å². The van der Waals surface area contributed by atoms with Crippen molar-refractivity contribution < 1.29 is 0 Å². The van der Waals surface area contributed by atoms with Gasteiger partial charge in [0.05, 0.1) is 11.0 Å². The van der Waals surface area contributed by atoms with E-state index in [1.165, 1.54) is 64.2 Å². The number of rotatable bonds is 4. The minimum atomic E-state index is 0.642. The molecule has 11 aromatic rings. The molecule has 0 spiro atoms. The quantitative estimate of drug-likeness (QED) is 0.174. The molecular formula is C47H28N4S. The van der Waals surface area contributed by atoms with E-state index < -0.39 is 0 Å². The number of hydrogen-bond acceptors (Lipinski definition) is 4. The van der Waals surface area contributed by atoms with Crippen molar-refractivity contribution in [2.45, 2.75) is 0 Å². The molecule has 0 unspecified atom stereocenters. The Bertz CT molecular complexity index is 3100. The molecule has 0 saturated heterocycles. The number of nitrogens with zero attached hydrogens (tertiary/aromatic N) is 4. The van der Waals surface area contributed by atoms with Crippen LogP contribution in [0.5, 0.6) is 0 Å². The van der Waals surface area contributed by atoms with Gasteiger partial charge in [0.1, 0.15) is 0 Å². The maximum absolute atomic E-state index is 5.01. The summed E-state index contributed by atoms with van der Waals surface area (Å²) >= 11 is 1.82. The van der Waals surface area contributed by atoms with Gasteiger partial charge in [-0.05, 0) is 51.9 Å². The Labute approximate surface area is 302 Å². The summed E-state index contributed by atoms with van der Waals surface area (Å²) < 4.78 is 3.83. The second-order valence-electron chi connectivity index (χ2n) is 13.2. The summed E-state index contributed by atoms with van der Waals surface area (Å²) in [6, 6.07) is 57.9. The molecule has 5 heteroatoms. The lowest BCUT2D eigenvalue weighted by molar-refractivity contribution is 1.07. The minimum absolute atomic E-state index is 0.642. The Morgan fingerprint density at radius 1 is 0.346 bits per heavy atom. The SMILES string of the molecule is c1ccc(-c2nc(-c3ccccc3)nc(-c3ccc(-n4c5c6ccccc6c6ccccc6c5c5c6ccsc6c6ccccc6c54)cc3)n2)cc1. The van der Waals surface area contributed by atoms with E-state index in [0.717, 1.165) is 22.4 Å². The molecule has 0 N–H and O–H groups in total. The average Bonchev–Trinajstić information content (AvgIpc) is 3.86. The van der Waals surface area contributed by atoms with E-state index >= 15 is 0 Å². The third-order valence-electron chi connectivity index (χ3n) is 10.3. The molecule has 0 saturated carbocycles. The number of benzene rings is 8. The fourth-order valence-electron chi connectivity index (χ4n) is 8.03. The third-order valence-corrected chi connectivity index (χ3v) is 11.2. The topological polar surface area (TPSA) is 43.6 Å². The monoisotopic (exact) mass is 680 g/mol. The van der Waals surface area contributed by atoms with Gasteiger partial charge in [-0.2, -0.15) is 0 Å². The molecule has 0 aliphatic heterocycles. The van der Waals surface area contributed by atoms with E-state index in [-0.39, 0.29) is 0 Å².